The summed E-state index contributed by atoms with van der Waals surface area (Å²) in [6.07, 6.45) is 2.41. The van der Waals surface area contributed by atoms with Crippen molar-refractivity contribution in [2.75, 3.05) is 6.54 Å². The molecular weight excluding hydrogens is 413 g/mol. The van der Waals surface area contributed by atoms with Gasteiger partial charge in [0, 0.05) is 35.8 Å². The van der Waals surface area contributed by atoms with Crippen molar-refractivity contribution in [2.45, 2.75) is 13.0 Å². The maximum atomic E-state index is 13.2. The summed E-state index contributed by atoms with van der Waals surface area (Å²) in [5, 5.41) is 5.38. The maximum absolute atomic E-state index is 13.2. The average molecular weight is 434 g/mol. The maximum Gasteiger partial charge on any atom is 0.270 e. The van der Waals surface area contributed by atoms with Crippen molar-refractivity contribution in [3.8, 4) is 16.3 Å². The Morgan fingerprint density at radius 3 is 2.71 bits per heavy atom. The molecule has 5 nitrogen and oxygen atoms in total. The fraction of sp³-hybridized carbons (Fsp3) is 0.125. The first-order valence-electron chi connectivity index (χ1n) is 9.79. The van der Waals surface area contributed by atoms with Crippen molar-refractivity contribution < 1.29 is 13.9 Å². The minimum Gasteiger partial charge on any atom is -0.489 e. The Labute approximate surface area is 183 Å². The van der Waals surface area contributed by atoms with E-state index in [2.05, 4.69) is 15.3 Å². The number of carbonyl (C=O) groups is 1. The van der Waals surface area contributed by atoms with E-state index in [0.717, 1.165) is 21.8 Å². The Morgan fingerprint density at radius 1 is 1.06 bits per heavy atom. The summed E-state index contributed by atoms with van der Waals surface area (Å²) < 4.78 is 19.0. The molecule has 0 atom stereocenters. The van der Waals surface area contributed by atoms with E-state index in [1.807, 2.05) is 48.5 Å². The van der Waals surface area contributed by atoms with Gasteiger partial charge in [0.05, 0.1) is 0 Å². The number of hydrogen-bond donors (Lipinski definition) is 1. The highest BCUT2D eigenvalue weighted by Gasteiger charge is 2.12. The minimum absolute atomic E-state index is 0.200. The number of ether oxygens (including phenoxy) is 1. The molecule has 0 saturated carbocycles. The molecule has 1 N–H and O–H groups in total. The number of amides is 1. The topological polar surface area (TPSA) is 64.1 Å². The highest BCUT2D eigenvalue weighted by Crippen LogP contribution is 2.26. The second kappa shape index (κ2) is 9.95. The van der Waals surface area contributed by atoms with Crippen molar-refractivity contribution in [3.63, 3.8) is 0 Å². The summed E-state index contributed by atoms with van der Waals surface area (Å²) in [6, 6.07) is 19.5. The zero-order chi connectivity index (χ0) is 21.5. The van der Waals surface area contributed by atoms with Gasteiger partial charge >= 0.3 is 0 Å². The van der Waals surface area contributed by atoms with Crippen LogP contribution < -0.4 is 10.1 Å². The van der Waals surface area contributed by atoms with E-state index in [1.165, 1.54) is 23.5 Å². The number of rotatable bonds is 8. The molecule has 31 heavy (non-hydrogen) atoms. The van der Waals surface area contributed by atoms with Crippen molar-refractivity contribution in [3.05, 3.63) is 101 Å². The van der Waals surface area contributed by atoms with Gasteiger partial charge in [0.2, 0.25) is 0 Å². The van der Waals surface area contributed by atoms with E-state index in [1.54, 1.807) is 17.6 Å². The first-order valence-corrected chi connectivity index (χ1v) is 10.7. The molecule has 0 unspecified atom stereocenters. The number of pyridine rings is 1. The summed E-state index contributed by atoms with van der Waals surface area (Å²) in [5.41, 5.74) is 2.99. The van der Waals surface area contributed by atoms with Gasteiger partial charge in [0.15, 0.2) is 0 Å². The number of thiazole rings is 1. The van der Waals surface area contributed by atoms with E-state index in [-0.39, 0.29) is 18.3 Å². The lowest BCUT2D eigenvalue weighted by Crippen LogP contribution is -2.26. The van der Waals surface area contributed by atoms with E-state index in [0.29, 0.717) is 24.4 Å². The lowest BCUT2D eigenvalue weighted by atomic mass is 10.2. The first kappa shape index (κ1) is 20.7. The van der Waals surface area contributed by atoms with E-state index < -0.39 is 0 Å². The van der Waals surface area contributed by atoms with Crippen molar-refractivity contribution in [1.29, 1.82) is 0 Å². The molecule has 4 aromatic rings. The SMILES string of the molecule is O=C(NCCc1ccccn1)c1csc(-c2ccc(OCc3cccc(F)c3)cc2)n1. The van der Waals surface area contributed by atoms with Crippen LogP contribution in [0.4, 0.5) is 4.39 Å². The molecule has 2 heterocycles. The molecule has 2 aromatic carbocycles. The van der Waals surface area contributed by atoms with Gasteiger partial charge in [-0.2, -0.15) is 0 Å². The average Bonchev–Trinajstić information content (AvgIpc) is 3.29. The van der Waals surface area contributed by atoms with Crippen LogP contribution in [0, 0.1) is 5.82 Å². The molecule has 0 aliphatic rings. The summed E-state index contributed by atoms with van der Waals surface area (Å²) >= 11 is 1.41. The monoisotopic (exact) mass is 433 g/mol. The zero-order valence-corrected chi connectivity index (χ0v) is 17.4. The fourth-order valence-electron chi connectivity index (χ4n) is 2.94. The number of nitrogens with zero attached hydrogens (tertiary/aromatic N) is 2. The molecule has 2 aromatic heterocycles. The van der Waals surface area contributed by atoms with Crippen LogP contribution in [-0.2, 0) is 13.0 Å². The van der Waals surface area contributed by atoms with Crippen LogP contribution in [0.5, 0.6) is 5.75 Å². The predicted molar refractivity (Wildman–Crippen MR) is 119 cm³/mol. The van der Waals surface area contributed by atoms with E-state index in [9.17, 15) is 9.18 Å². The Balaban J connectivity index is 1.31. The van der Waals surface area contributed by atoms with Gasteiger partial charge in [-0.05, 0) is 54.1 Å². The number of nitrogens with one attached hydrogen (secondary N) is 1. The van der Waals surface area contributed by atoms with Gasteiger partial charge in [0.25, 0.3) is 5.91 Å². The molecular formula is C24H20FN3O2S. The van der Waals surface area contributed by atoms with Crippen LogP contribution in [0.3, 0.4) is 0 Å². The highest BCUT2D eigenvalue weighted by atomic mass is 32.1. The van der Waals surface area contributed by atoms with Gasteiger partial charge in [-0.3, -0.25) is 9.78 Å². The Hall–Kier alpha value is -3.58. The third-order valence-corrected chi connectivity index (χ3v) is 5.42. The van der Waals surface area contributed by atoms with Crippen LogP contribution in [0.15, 0.2) is 78.3 Å². The number of benzene rings is 2. The molecule has 0 bridgehead atoms. The van der Waals surface area contributed by atoms with Crippen molar-refractivity contribution in [1.82, 2.24) is 15.3 Å². The van der Waals surface area contributed by atoms with Gasteiger partial charge in [0.1, 0.15) is 28.9 Å². The fourth-order valence-corrected chi connectivity index (χ4v) is 3.74. The molecule has 0 radical (unpaired) electrons. The summed E-state index contributed by atoms with van der Waals surface area (Å²) in [6.45, 7) is 0.789. The number of aromatic nitrogens is 2. The molecule has 7 heteroatoms. The highest BCUT2D eigenvalue weighted by molar-refractivity contribution is 7.13. The lowest BCUT2D eigenvalue weighted by Gasteiger charge is -2.07. The third kappa shape index (κ3) is 5.73. The van der Waals surface area contributed by atoms with E-state index in [4.69, 9.17) is 4.74 Å². The van der Waals surface area contributed by atoms with Crippen molar-refractivity contribution in [2.24, 2.45) is 0 Å². The quantitative estimate of drug-likeness (QED) is 0.429. The van der Waals surface area contributed by atoms with Crippen LogP contribution in [0.25, 0.3) is 10.6 Å². The third-order valence-electron chi connectivity index (χ3n) is 4.53. The zero-order valence-electron chi connectivity index (χ0n) is 16.6. The summed E-state index contributed by atoms with van der Waals surface area (Å²) in [5.74, 6) is 0.197. The van der Waals surface area contributed by atoms with E-state index >= 15 is 0 Å². The minimum atomic E-state index is -0.281. The smallest absolute Gasteiger partial charge is 0.270 e. The molecule has 156 valence electrons. The largest absolute Gasteiger partial charge is 0.489 e. The standard InChI is InChI=1S/C24H20FN3O2S/c25-19-5-3-4-17(14-19)15-30-21-9-7-18(8-10-21)24-28-22(16-31-24)23(29)27-13-11-20-6-1-2-12-26-20/h1-10,12,14,16H,11,13,15H2,(H,27,29). The second-order valence-corrected chi connectivity index (χ2v) is 7.67. The first-order chi connectivity index (χ1) is 15.2. The molecule has 0 aliphatic heterocycles. The second-order valence-electron chi connectivity index (χ2n) is 6.81. The lowest BCUT2D eigenvalue weighted by molar-refractivity contribution is 0.0950. The Morgan fingerprint density at radius 2 is 1.94 bits per heavy atom. The Kier molecular flexibility index (Phi) is 6.64. The number of halogens is 1. The molecule has 0 aliphatic carbocycles. The summed E-state index contributed by atoms with van der Waals surface area (Å²) in [7, 11) is 0. The van der Waals surface area contributed by atoms with Gasteiger partial charge < -0.3 is 10.1 Å². The number of carbonyl (C=O) groups excluding carboxylic acids is 1. The van der Waals surface area contributed by atoms with Gasteiger partial charge in [-0.25, -0.2) is 9.37 Å². The van der Waals surface area contributed by atoms with Crippen LogP contribution in [-0.4, -0.2) is 22.4 Å². The molecule has 1 amide bonds. The number of hydrogen-bond acceptors (Lipinski definition) is 5. The molecule has 4 rings (SSSR count). The summed E-state index contributed by atoms with van der Waals surface area (Å²) in [4.78, 5) is 21.0. The van der Waals surface area contributed by atoms with Crippen LogP contribution in [0.1, 0.15) is 21.7 Å². The van der Waals surface area contributed by atoms with Crippen molar-refractivity contribution >= 4 is 17.2 Å². The molecule has 0 saturated heterocycles. The molecule has 0 fully saturated rings. The van der Waals surface area contributed by atoms with Crippen LogP contribution in [0.2, 0.25) is 0 Å². The van der Waals surface area contributed by atoms with Crippen LogP contribution >= 0.6 is 11.3 Å². The predicted octanol–water partition coefficient (Wildman–Crippen LogP) is 4.90. The Bertz CT molecular complexity index is 1150. The normalized spacial score (nSPS) is 10.6. The molecule has 0 spiro atoms. The van der Waals surface area contributed by atoms with Gasteiger partial charge in [-0.1, -0.05) is 18.2 Å². The van der Waals surface area contributed by atoms with Gasteiger partial charge in [-0.15, -0.1) is 11.3 Å².